The van der Waals surface area contributed by atoms with Gasteiger partial charge in [-0.1, -0.05) is 6.07 Å². The second kappa shape index (κ2) is 8.29. The number of esters is 2. The Bertz CT molecular complexity index is 756. The van der Waals surface area contributed by atoms with Crippen molar-refractivity contribution in [3.63, 3.8) is 0 Å². The van der Waals surface area contributed by atoms with Gasteiger partial charge in [0, 0.05) is 19.9 Å². The molecule has 0 bridgehead atoms. The molecule has 3 unspecified atom stereocenters. The van der Waals surface area contributed by atoms with Crippen LogP contribution in [0.15, 0.2) is 18.2 Å². The Kier molecular flexibility index (Phi) is 6.11. The number of nitrogens with zero attached hydrogens (tertiary/aromatic N) is 2. The maximum atomic E-state index is 11.4. The van der Waals surface area contributed by atoms with Crippen molar-refractivity contribution in [1.82, 2.24) is 0 Å². The van der Waals surface area contributed by atoms with Crippen LogP contribution in [0.1, 0.15) is 38.7 Å². The third kappa shape index (κ3) is 4.47. The molecule has 26 heavy (non-hydrogen) atoms. The Morgan fingerprint density at radius 1 is 1.19 bits per heavy atom. The van der Waals surface area contributed by atoms with Gasteiger partial charge >= 0.3 is 11.9 Å². The normalized spacial score (nSPS) is 22.0. The third-order valence-electron chi connectivity index (χ3n) is 3.92. The van der Waals surface area contributed by atoms with Gasteiger partial charge in [-0.25, -0.2) is 0 Å². The number of nitriles is 1. The van der Waals surface area contributed by atoms with Gasteiger partial charge in [0.2, 0.25) is 0 Å². The van der Waals surface area contributed by atoms with Crippen LogP contribution in [0.2, 0.25) is 0 Å². The third-order valence-corrected chi connectivity index (χ3v) is 3.92. The van der Waals surface area contributed by atoms with Crippen molar-refractivity contribution in [2.45, 2.75) is 51.4 Å². The summed E-state index contributed by atoms with van der Waals surface area (Å²) in [6.07, 6.45) is -0.640. The maximum absolute atomic E-state index is 11.4. The summed E-state index contributed by atoms with van der Waals surface area (Å²) in [5, 5.41) is 20.4. The molecule has 3 atom stereocenters. The van der Waals surface area contributed by atoms with Gasteiger partial charge < -0.3 is 14.2 Å². The summed E-state index contributed by atoms with van der Waals surface area (Å²) in [6.45, 7) is 2.48. The van der Waals surface area contributed by atoms with E-state index in [9.17, 15) is 25.0 Å². The fourth-order valence-electron chi connectivity index (χ4n) is 2.94. The van der Waals surface area contributed by atoms with Gasteiger partial charge in [-0.15, -0.1) is 0 Å². The molecular formula is C17H18N2O7. The first-order valence-corrected chi connectivity index (χ1v) is 8.02. The molecule has 1 saturated carbocycles. The van der Waals surface area contributed by atoms with E-state index in [1.807, 2.05) is 0 Å². The molecule has 0 radical (unpaired) electrons. The number of carbonyl (C=O) groups excluding carboxylic acids is 2. The smallest absolute Gasteiger partial charge is 0.303 e. The van der Waals surface area contributed by atoms with Crippen molar-refractivity contribution in [3.8, 4) is 11.8 Å². The topological polar surface area (TPSA) is 129 Å². The number of carbonyl (C=O) groups is 2. The highest BCUT2D eigenvalue weighted by Crippen LogP contribution is 2.33. The molecule has 138 valence electrons. The summed E-state index contributed by atoms with van der Waals surface area (Å²) in [5.74, 6) is -1.06. The predicted molar refractivity (Wildman–Crippen MR) is 87.2 cm³/mol. The Morgan fingerprint density at radius 3 is 2.42 bits per heavy atom. The molecule has 1 fully saturated rings. The first-order valence-electron chi connectivity index (χ1n) is 8.02. The summed E-state index contributed by atoms with van der Waals surface area (Å²) >= 11 is 0. The van der Waals surface area contributed by atoms with E-state index >= 15 is 0 Å². The zero-order chi connectivity index (χ0) is 19.3. The molecule has 0 spiro atoms. The van der Waals surface area contributed by atoms with Crippen molar-refractivity contribution in [1.29, 1.82) is 5.26 Å². The SMILES string of the molecule is CC(=O)OC1CCCC(Oc2cccc([N+](=O)[O-])c2C#N)C1OC(C)=O. The summed E-state index contributed by atoms with van der Waals surface area (Å²) < 4.78 is 16.3. The van der Waals surface area contributed by atoms with E-state index in [1.165, 1.54) is 32.0 Å². The Hall–Kier alpha value is -3.15. The van der Waals surface area contributed by atoms with Crippen LogP contribution in [0, 0.1) is 21.4 Å². The van der Waals surface area contributed by atoms with Crippen molar-refractivity contribution in [2.75, 3.05) is 0 Å². The number of hydrogen-bond donors (Lipinski definition) is 0. The molecule has 9 heteroatoms. The van der Waals surface area contributed by atoms with Gasteiger partial charge in [-0.05, 0) is 25.3 Å². The zero-order valence-corrected chi connectivity index (χ0v) is 14.3. The van der Waals surface area contributed by atoms with E-state index in [2.05, 4.69) is 0 Å². The minimum Gasteiger partial charge on any atom is -0.485 e. The van der Waals surface area contributed by atoms with E-state index in [0.717, 1.165) is 0 Å². The summed E-state index contributed by atoms with van der Waals surface area (Å²) in [6, 6.07) is 5.82. The first-order chi connectivity index (χ1) is 12.3. The molecule has 0 amide bonds. The van der Waals surface area contributed by atoms with Crippen molar-refractivity contribution >= 4 is 17.6 Å². The van der Waals surface area contributed by atoms with Gasteiger partial charge in [0.15, 0.2) is 11.7 Å². The minimum absolute atomic E-state index is 0.0207. The van der Waals surface area contributed by atoms with E-state index in [1.54, 1.807) is 6.07 Å². The number of nitro benzene ring substituents is 1. The van der Waals surface area contributed by atoms with Crippen LogP contribution in [0.4, 0.5) is 5.69 Å². The highest BCUT2D eigenvalue weighted by atomic mass is 16.6. The lowest BCUT2D eigenvalue weighted by molar-refractivity contribution is -0.385. The predicted octanol–water partition coefficient (Wildman–Crippen LogP) is 2.26. The molecule has 1 aromatic carbocycles. The molecule has 1 aliphatic rings. The Balaban J connectivity index is 2.32. The molecule has 1 aliphatic carbocycles. The van der Waals surface area contributed by atoms with Crippen molar-refractivity contribution in [3.05, 3.63) is 33.9 Å². The number of hydrogen-bond acceptors (Lipinski definition) is 8. The van der Waals surface area contributed by atoms with Crippen LogP contribution in [0.3, 0.4) is 0 Å². The fraction of sp³-hybridized carbons (Fsp3) is 0.471. The molecule has 0 aromatic heterocycles. The lowest BCUT2D eigenvalue weighted by Gasteiger charge is -2.36. The Labute approximate surface area is 149 Å². The van der Waals surface area contributed by atoms with Crippen LogP contribution in [-0.4, -0.2) is 35.2 Å². The number of rotatable bonds is 5. The second-order valence-corrected chi connectivity index (χ2v) is 5.83. The number of ether oxygens (including phenoxy) is 3. The van der Waals surface area contributed by atoms with Crippen LogP contribution in [0.5, 0.6) is 5.75 Å². The van der Waals surface area contributed by atoms with Crippen LogP contribution < -0.4 is 4.74 Å². The highest BCUT2D eigenvalue weighted by Gasteiger charge is 2.40. The van der Waals surface area contributed by atoms with Crippen LogP contribution in [0.25, 0.3) is 0 Å². The molecule has 2 rings (SSSR count). The first kappa shape index (κ1) is 19.2. The minimum atomic E-state index is -0.865. The molecule has 0 saturated heterocycles. The van der Waals surface area contributed by atoms with E-state index in [0.29, 0.717) is 19.3 Å². The zero-order valence-electron chi connectivity index (χ0n) is 14.3. The Morgan fingerprint density at radius 2 is 1.85 bits per heavy atom. The standard InChI is InChI=1S/C17H18N2O7/c1-10(20)24-15-7-4-8-16(17(15)25-11(2)21)26-14-6-3-5-13(19(22)23)12(14)9-18/h3,5-6,15-17H,4,7-8H2,1-2H3. The quantitative estimate of drug-likeness (QED) is 0.443. The van der Waals surface area contributed by atoms with Gasteiger partial charge in [-0.3, -0.25) is 19.7 Å². The van der Waals surface area contributed by atoms with Crippen molar-refractivity contribution in [2.24, 2.45) is 0 Å². The summed E-state index contributed by atoms with van der Waals surface area (Å²) in [4.78, 5) is 33.2. The van der Waals surface area contributed by atoms with E-state index in [-0.39, 0.29) is 17.0 Å². The van der Waals surface area contributed by atoms with E-state index in [4.69, 9.17) is 14.2 Å². The van der Waals surface area contributed by atoms with Gasteiger partial charge in [0.05, 0.1) is 4.92 Å². The molecular weight excluding hydrogens is 344 g/mol. The average molecular weight is 362 g/mol. The lowest BCUT2D eigenvalue weighted by atomic mass is 9.91. The molecule has 0 aliphatic heterocycles. The summed E-state index contributed by atoms with van der Waals surface area (Å²) in [5.41, 5.74) is -0.588. The van der Waals surface area contributed by atoms with Crippen LogP contribution in [-0.2, 0) is 19.1 Å². The van der Waals surface area contributed by atoms with Crippen molar-refractivity contribution < 1.29 is 28.7 Å². The largest absolute Gasteiger partial charge is 0.485 e. The second-order valence-electron chi connectivity index (χ2n) is 5.83. The van der Waals surface area contributed by atoms with E-state index < -0.39 is 35.2 Å². The highest BCUT2D eigenvalue weighted by molar-refractivity contribution is 5.67. The fourth-order valence-corrected chi connectivity index (χ4v) is 2.94. The molecule has 9 nitrogen and oxygen atoms in total. The molecule has 1 aromatic rings. The van der Waals surface area contributed by atoms with Gasteiger partial charge in [0.1, 0.15) is 24.0 Å². The van der Waals surface area contributed by atoms with Gasteiger partial charge in [-0.2, -0.15) is 5.26 Å². The summed E-state index contributed by atoms with van der Waals surface area (Å²) in [7, 11) is 0. The monoisotopic (exact) mass is 362 g/mol. The molecule has 0 N–H and O–H groups in total. The maximum Gasteiger partial charge on any atom is 0.303 e. The van der Waals surface area contributed by atoms with Crippen LogP contribution >= 0.6 is 0 Å². The number of benzene rings is 1. The molecule has 0 heterocycles. The number of nitro groups is 1. The van der Waals surface area contributed by atoms with Gasteiger partial charge in [0.25, 0.3) is 5.69 Å². The average Bonchev–Trinajstić information content (AvgIpc) is 2.56. The lowest BCUT2D eigenvalue weighted by Crippen LogP contribution is -2.48.